The van der Waals surface area contributed by atoms with Crippen molar-refractivity contribution >= 4 is 11.4 Å². The van der Waals surface area contributed by atoms with Gasteiger partial charge in [0.05, 0.1) is 0 Å². The summed E-state index contributed by atoms with van der Waals surface area (Å²) in [6.45, 7) is 2.52. The second-order valence-corrected chi connectivity index (χ2v) is 4.41. The first-order chi connectivity index (χ1) is 7.81. The van der Waals surface area contributed by atoms with Crippen LogP contribution in [0, 0.1) is 0 Å². The Hall–Kier alpha value is -1.22. The smallest absolute Gasteiger partial charge is 0.0431 e. The van der Waals surface area contributed by atoms with Crippen LogP contribution in [-0.2, 0) is 6.42 Å². The van der Waals surface area contributed by atoms with Gasteiger partial charge in [-0.15, -0.1) is 0 Å². The average Bonchev–Trinajstić information content (AvgIpc) is 2.67. The van der Waals surface area contributed by atoms with E-state index in [1.165, 1.54) is 11.3 Å². The molecule has 0 saturated heterocycles. The second-order valence-electron chi connectivity index (χ2n) is 4.41. The molecule has 88 valence electrons. The van der Waals surface area contributed by atoms with Gasteiger partial charge in [0.2, 0.25) is 0 Å². The van der Waals surface area contributed by atoms with Gasteiger partial charge in [-0.3, -0.25) is 0 Å². The number of hydrogen-bond acceptors (Lipinski definition) is 3. The number of benzene rings is 1. The molecule has 1 aromatic rings. The topological polar surface area (TPSA) is 49.5 Å². The van der Waals surface area contributed by atoms with Crippen LogP contribution in [0.5, 0.6) is 0 Å². The number of nitrogens with two attached hydrogens (primary N) is 1. The molecule has 1 aliphatic heterocycles. The molecule has 0 amide bonds. The largest absolute Gasteiger partial charge is 0.399 e. The molecule has 1 aromatic carbocycles. The van der Waals surface area contributed by atoms with Crippen LogP contribution in [0.2, 0.25) is 0 Å². The highest BCUT2D eigenvalue weighted by atomic mass is 16.2. The highest BCUT2D eigenvalue weighted by Gasteiger charge is 2.17. The monoisotopic (exact) mass is 220 g/mol. The number of nitrogens with zero attached hydrogens (tertiary/aromatic N) is 1. The molecule has 0 unspecified atom stereocenters. The predicted octanol–water partition coefficient (Wildman–Crippen LogP) is 1.79. The second kappa shape index (κ2) is 5.21. The molecule has 1 aliphatic rings. The van der Waals surface area contributed by atoms with E-state index >= 15 is 0 Å². The molecule has 3 nitrogen and oxygen atoms in total. The summed E-state index contributed by atoms with van der Waals surface area (Å²) in [6, 6.07) is 6.19. The van der Waals surface area contributed by atoms with Gasteiger partial charge in [-0.25, -0.2) is 0 Å². The van der Waals surface area contributed by atoms with E-state index in [9.17, 15) is 0 Å². The van der Waals surface area contributed by atoms with Gasteiger partial charge in [-0.1, -0.05) is 0 Å². The van der Waals surface area contributed by atoms with Crippen molar-refractivity contribution in [2.24, 2.45) is 0 Å². The van der Waals surface area contributed by atoms with Crippen LogP contribution in [0.15, 0.2) is 18.2 Å². The van der Waals surface area contributed by atoms with E-state index in [0.717, 1.165) is 44.5 Å². The van der Waals surface area contributed by atoms with E-state index in [-0.39, 0.29) is 0 Å². The molecule has 0 radical (unpaired) electrons. The van der Waals surface area contributed by atoms with Crippen molar-refractivity contribution < 1.29 is 5.11 Å². The quantitative estimate of drug-likeness (QED) is 0.587. The molecular formula is C13H20N2O. The molecule has 0 fully saturated rings. The zero-order valence-corrected chi connectivity index (χ0v) is 9.65. The zero-order chi connectivity index (χ0) is 11.4. The normalized spacial score (nSPS) is 14.2. The minimum Gasteiger partial charge on any atom is -0.399 e. The highest BCUT2D eigenvalue weighted by Crippen LogP contribution is 2.29. The van der Waals surface area contributed by atoms with Crippen molar-refractivity contribution in [3.63, 3.8) is 0 Å². The fourth-order valence-corrected chi connectivity index (χ4v) is 2.31. The van der Waals surface area contributed by atoms with Gasteiger partial charge in [-0.2, -0.15) is 0 Å². The summed E-state index contributed by atoms with van der Waals surface area (Å²) in [5.41, 5.74) is 9.35. The Morgan fingerprint density at radius 2 is 2.12 bits per heavy atom. The third-order valence-corrected chi connectivity index (χ3v) is 3.18. The Morgan fingerprint density at radius 3 is 2.94 bits per heavy atom. The van der Waals surface area contributed by atoms with Crippen molar-refractivity contribution in [1.82, 2.24) is 0 Å². The van der Waals surface area contributed by atoms with Crippen LogP contribution < -0.4 is 10.6 Å². The summed E-state index contributed by atoms with van der Waals surface area (Å²) in [5, 5.41) is 8.72. The van der Waals surface area contributed by atoms with E-state index in [1.807, 2.05) is 6.07 Å². The standard InChI is InChI=1S/C13H20N2O/c14-12-4-5-13-11(10-12)6-8-15(13)7-2-1-3-9-16/h4-5,10,16H,1-3,6-9,14H2. The Balaban J connectivity index is 1.91. The van der Waals surface area contributed by atoms with Gasteiger partial charge >= 0.3 is 0 Å². The van der Waals surface area contributed by atoms with Crippen molar-refractivity contribution in [3.05, 3.63) is 23.8 Å². The minimum atomic E-state index is 0.313. The minimum absolute atomic E-state index is 0.313. The number of aliphatic hydroxyl groups excluding tert-OH is 1. The predicted molar refractivity (Wildman–Crippen MR) is 67.7 cm³/mol. The summed E-state index contributed by atoms with van der Waals surface area (Å²) in [4.78, 5) is 2.42. The van der Waals surface area contributed by atoms with E-state index < -0.39 is 0 Å². The van der Waals surface area contributed by atoms with Crippen LogP contribution in [-0.4, -0.2) is 24.8 Å². The molecule has 2 rings (SSSR count). The van der Waals surface area contributed by atoms with Gasteiger partial charge in [0.15, 0.2) is 0 Å². The van der Waals surface area contributed by atoms with Crippen molar-refractivity contribution in [2.75, 3.05) is 30.3 Å². The first-order valence-corrected chi connectivity index (χ1v) is 6.05. The van der Waals surface area contributed by atoms with Crippen molar-refractivity contribution in [2.45, 2.75) is 25.7 Å². The molecular weight excluding hydrogens is 200 g/mol. The maximum Gasteiger partial charge on any atom is 0.0431 e. The lowest BCUT2D eigenvalue weighted by Gasteiger charge is -2.19. The Kier molecular flexibility index (Phi) is 3.67. The van der Waals surface area contributed by atoms with Gasteiger partial charge in [0.1, 0.15) is 0 Å². The van der Waals surface area contributed by atoms with Crippen LogP contribution in [0.4, 0.5) is 11.4 Å². The van der Waals surface area contributed by atoms with E-state index in [0.29, 0.717) is 6.61 Å². The molecule has 0 bridgehead atoms. The molecule has 0 aromatic heterocycles. The average molecular weight is 220 g/mol. The maximum atomic E-state index is 8.72. The van der Waals surface area contributed by atoms with Gasteiger partial charge in [0.25, 0.3) is 0 Å². The Labute approximate surface area is 96.9 Å². The molecule has 0 aliphatic carbocycles. The van der Waals surface area contributed by atoms with Gasteiger partial charge < -0.3 is 15.7 Å². The molecule has 0 spiro atoms. The number of anilines is 2. The molecule has 3 N–H and O–H groups in total. The molecule has 16 heavy (non-hydrogen) atoms. The lowest BCUT2D eigenvalue weighted by atomic mass is 10.1. The van der Waals surface area contributed by atoms with E-state index in [1.54, 1.807) is 0 Å². The number of aliphatic hydroxyl groups is 1. The molecule has 3 heteroatoms. The van der Waals surface area contributed by atoms with Crippen LogP contribution >= 0.6 is 0 Å². The summed E-state index contributed by atoms with van der Waals surface area (Å²) in [6.07, 6.45) is 4.30. The number of fused-ring (bicyclic) bond motifs is 1. The van der Waals surface area contributed by atoms with Crippen LogP contribution in [0.25, 0.3) is 0 Å². The number of nitrogen functional groups attached to an aromatic ring is 1. The van der Waals surface area contributed by atoms with Crippen LogP contribution in [0.3, 0.4) is 0 Å². The number of hydrogen-bond donors (Lipinski definition) is 2. The third-order valence-electron chi connectivity index (χ3n) is 3.18. The summed E-state index contributed by atoms with van der Waals surface area (Å²) in [5.74, 6) is 0. The Bertz CT molecular complexity index is 352. The maximum absolute atomic E-state index is 8.72. The summed E-state index contributed by atoms with van der Waals surface area (Å²) >= 11 is 0. The summed E-state index contributed by atoms with van der Waals surface area (Å²) in [7, 11) is 0. The van der Waals surface area contributed by atoms with Crippen LogP contribution in [0.1, 0.15) is 24.8 Å². The first-order valence-electron chi connectivity index (χ1n) is 6.05. The highest BCUT2D eigenvalue weighted by molar-refractivity contribution is 5.62. The van der Waals surface area contributed by atoms with Gasteiger partial charge in [0, 0.05) is 31.1 Å². The van der Waals surface area contributed by atoms with Crippen molar-refractivity contribution in [1.29, 1.82) is 0 Å². The Morgan fingerprint density at radius 1 is 1.25 bits per heavy atom. The SMILES string of the molecule is Nc1ccc2c(c1)CCN2CCCCCO. The lowest BCUT2D eigenvalue weighted by molar-refractivity contribution is 0.283. The van der Waals surface area contributed by atoms with E-state index in [2.05, 4.69) is 17.0 Å². The van der Waals surface area contributed by atoms with Crippen molar-refractivity contribution in [3.8, 4) is 0 Å². The number of unbranched alkanes of at least 4 members (excludes halogenated alkanes) is 2. The fraction of sp³-hybridized carbons (Fsp3) is 0.538. The first kappa shape index (κ1) is 11.3. The number of rotatable bonds is 5. The summed E-state index contributed by atoms with van der Waals surface area (Å²) < 4.78 is 0. The fourth-order valence-electron chi connectivity index (χ4n) is 2.31. The molecule has 0 atom stereocenters. The zero-order valence-electron chi connectivity index (χ0n) is 9.65. The third kappa shape index (κ3) is 2.47. The van der Waals surface area contributed by atoms with Gasteiger partial charge in [-0.05, 0) is 49.4 Å². The lowest BCUT2D eigenvalue weighted by Crippen LogP contribution is -2.21. The molecule has 1 heterocycles. The van der Waals surface area contributed by atoms with E-state index in [4.69, 9.17) is 10.8 Å². The molecule has 0 saturated carbocycles.